The number of aryl methyl sites for hydroxylation is 1. The van der Waals surface area contributed by atoms with E-state index in [1.165, 1.54) is 7.11 Å². The van der Waals surface area contributed by atoms with E-state index >= 15 is 0 Å². The Kier molecular flexibility index (Phi) is 6.45. The number of halogens is 1. The number of carbonyl (C=O) groups excluding carboxylic acids is 1. The number of benzene rings is 2. The predicted molar refractivity (Wildman–Crippen MR) is 111 cm³/mol. The van der Waals surface area contributed by atoms with E-state index in [-0.39, 0.29) is 5.97 Å². The Morgan fingerprint density at radius 2 is 1.82 bits per heavy atom. The van der Waals surface area contributed by atoms with Crippen molar-refractivity contribution in [1.82, 2.24) is 9.97 Å². The summed E-state index contributed by atoms with van der Waals surface area (Å²) in [4.78, 5) is 20.3. The second-order valence-corrected chi connectivity index (χ2v) is 6.62. The van der Waals surface area contributed by atoms with E-state index in [4.69, 9.17) is 16.3 Å². The molecule has 0 fully saturated rings. The van der Waals surface area contributed by atoms with Crippen LogP contribution in [0.4, 0.5) is 17.3 Å². The molecule has 0 atom stereocenters. The summed E-state index contributed by atoms with van der Waals surface area (Å²) in [6.07, 6.45) is 0.835. The molecule has 28 heavy (non-hydrogen) atoms. The lowest BCUT2D eigenvalue weighted by Crippen LogP contribution is -2.08. The van der Waals surface area contributed by atoms with Crippen molar-refractivity contribution in [2.45, 2.75) is 13.3 Å². The van der Waals surface area contributed by atoms with Gasteiger partial charge in [0.15, 0.2) is 0 Å². The Morgan fingerprint density at radius 3 is 2.54 bits per heavy atom. The molecule has 0 aliphatic heterocycles. The Balaban J connectivity index is 1.63. The number of rotatable bonds is 7. The quantitative estimate of drug-likeness (QED) is 0.567. The molecule has 144 valence electrons. The van der Waals surface area contributed by atoms with Crippen LogP contribution in [0.1, 0.15) is 21.7 Å². The molecule has 2 aromatic carbocycles. The van der Waals surface area contributed by atoms with E-state index in [9.17, 15) is 4.79 Å². The van der Waals surface area contributed by atoms with Gasteiger partial charge in [-0.15, -0.1) is 0 Å². The lowest BCUT2D eigenvalue weighted by molar-refractivity contribution is 0.0601. The number of hydrogen-bond acceptors (Lipinski definition) is 6. The van der Waals surface area contributed by atoms with Crippen LogP contribution >= 0.6 is 11.6 Å². The predicted octanol–water partition coefficient (Wildman–Crippen LogP) is 4.62. The number of esters is 1. The molecular weight excluding hydrogens is 376 g/mol. The first-order valence-corrected chi connectivity index (χ1v) is 9.21. The van der Waals surface area contributed by atoms with Gasteiger partial charge in [0.05, 0.1) is 12.7 Å². The molecule has 0 amide bonds. The Labute approximate surface area is 168 Å². The molecule has 0 saturated heterocycles. The topological polar surface area (TPSA) is 76.1 Å². The molecule has 1 heterocycles. The van der Waals surface area contributed by atoms with Gasteiger partial charge in [-0.2, -0.15) is 0 Å². The third kappa shape index (κ3) is 5.44. The maximum atomic E-state index is 11.5. The highest BCUT2D eigenvalue weighted by Crippen LogP contribution is 2.19. The van der Waals surface area contributed by atoms with Crippen LogP contribution in [0.15, 0.2) is 54.6 Å². The maximum Gasteiger partial charge on any atom is 0.337 e. The number of ether oxygens (including phenoxy) is 1. The van der Waals surface area contributed by atoms with Crippen molar-refractivity contribution < 1.29 is 9.53 Å². The van der Waals surface area contributed by atoms with Gasteiger partial charge in [0.25, 0.3) is 0 Å². The van der Waals surface area contributed by atoms with Crippen molar-refractivity contribution in [2.75, 3.05) is 24.3 Å². The van der Waals surface area contributed by atoms with Gasteiger partial charge in [0.1, 0.15) is 17.5 Å². The van der Waals surface area contributed by atoms with Gasteiger partial charge in [0.2, 0.25) is 0 Å². The zero-order valence-electron chi connectivity index (χ0n) is 15.7. The fourth-order valence-corrected chi connectivity index (χ4v) is 2.92. The van der Waals surface area contributed by atoms with E-state index in [2.05, 4.69) is 20.6 Å². The maximum absolute atomic E-state index is 11.5. The highest BCUT2D eigenvalue weighted by Gasteiger charge is 2.06. The number of methoxy groups -OCH3 is 1. The number of nitrogens with zero attached hydrogens (tertiary/aromatic N) is 2. The van der Waals surface area contributed by atoms with Crippen molar-refractivity contribution in [3.05, 3.63) is 76.6 Å². The number of hydrogen-bond donors (Lipinski definition) is 2. The molecule has 3 aromatic rings. The summed E-state index contributed by atoms with van der Waals surface area (Å²) in [5.41, 5.74) is 2.47. The summed E-state index contributed by atoms with van der Waals surface area (Å²) in [5, 5.41) is 7.28. The van der Waals surface area contributed by atoms with Crippen LogP contribution < -0.4 is 10.6 Å². The van der Waals surface area contributed by atoms with Crippen molar-refractivity contribution in [3.8, 4) is 0 Å². The first-order valence-electron chi connectivity index (χ1n) is 8.83. The minimum atomic E-state index is -0.365. The van der Waals surface area contributed by atoms with Gasteiger partial charge in [-0.05, 0) is 55.3 Å². The molecule has 2 N–H and O–H groups in total. The summed E-state index contributed by atoms with van der Waals surface area (Å²) in [6, 6.07) is 16.7. The van der Waals surface area contributed by atoms with Crippen molar-refractivity contribution in [3.63, 3.8) is 0 Å². The van der Waals surface area contributed by atoms with Gasteiger partial charge >= 0.3 is 5.97 Å². The van der Waals surface area contributed by atoms with Gasteiger partial charge in [-0.3, -0.25) is 0 Å². The van der Waals surface area contributed by atoms with Crippen LogP contribution in [0.3, 0.4) is 0 Å². The SMILES string of the molecule is COC(=O)c1ccc(Nc2cc(NCCc3cccc(Cl)c3)nc(C)n2)cc1. The van der Waals surface area contributed by atoms with Crippen LogP contribution in [-0.2, 0) is 11.2 Å². The summed E-state index contributed by atoms with van der Waals surface area (Å²) >= 11 is 6.02. The molecule has 6 nitrogen and oxygen atoms in total. The number of nitrogens with one attached hydrogen (secondary N) is 2. The number of aromatic nitrogens is 2. The molecule has 1 aromatic heterocycles. The zero-order valence-corrected chi connectivity index (χ0v) is 16.5. The van der Waals surface area contributed by atoms with E-state index in [1.807, 2.05) is 37.3 Å². The fourth-order valence-electron chi connectivity index (χ4n) is 2.71. The minimum absolute atomic E-state index is 0.365. The molecule has 0 unspecified atom stereocenters. The molecule has 0 aliphatic rings. The van der Waals surface area contributed by atoms with Crippen LogP contribution in [0, 0.1) is 6.92 Å². The zero-order chi connectivity index (χ0) is 19.9. The van der Waals surface area contributed by atoms with Crippen molar-refractivity contribution >= 4 is 34.9 Å². The van der Waals surface area contributed by atoms with Gasteiger partial charge in [-0.1, -0.05) is 23.7 Å². The monoisotopic (exact) mass is 396 g/mol. The standard InChI is InChI=1S/C21H21ClN4O2/c1-14-24-19(23-11-10-15-4-3-5-17(22)12-15)13-20(25-14)26-18-8-6-16(7-9-18)21(27)28-2/h3-9,12-13H,10-11H2,1-2H3,(H2,23,24,25,26). The Bertz CT molecular complexity index is 961. The highest BCUT2D eigenvalue weighted by atomic mass is 35.5. The third-order valence-electron chi connectivity index (χ3n) is 4.03. The van der Waals surface area contributed by atoms with Crippen LogP contribution in [0.5, 0.6) is 0 Å². The second kappa shape index (κ2) is 9.19. The largest absolute Gasteiger partial charge is 0.465 e. The van der Waals surface area contributed by atoms with E-state index < -0.39 is 0 Å². The first kappa shape index (κ1) is 19.6. The molecule has 0 saturated carbocycles. The van der Waals surface area contributed by atoms with Crippen LogP contribution in [0.25, 0.3) is 0 Å². The fraction of sp³-hybridized carbons (Fsp3) is 0.190. The van der Waals surface area contributed by atoms with E-state index in [1.54, 1.807) is 24.3 Å². The summed E-state index contributed by atoms with van der Waals surface area (Å²) < 4.78 is 4.71. The third-order valence-corrected chi connectivity index (χ3v) is 4.26. The molecule has 0 spiro atoms. The lowest BCUT2D eigenvalue weighted by atomic mass is 10.1. The average Bonchev–Trinajstić information content (AvgIpc) is 2.68. The van der Waals surface area contributed by atoms with E-state index in [0.29, 0.717) is 17.2 Å². The highest BCUT2D eigenvalue weighted by molar-refractivity contribution is 6.30. The number of anilines is 3. The molecule has 0 aliphatic carbocycles. The van der Waals surface area contributed by atoms with Gasteiger partial charge < -0.3 is 15.4 Å². The summed E-state index contributed by atoms with van der Waals surface area (Å²) in [7, 11) is 1.36. The molecule has 0 radical (unpaired) electrons. The lowest BCUT2D eigenvalue weighted by Gasteiger charge is -2.11. The Morgan fingerprint density at radius 1 is 1.07 bits per heavy atom. The molecular formula is C21H21ClN4O2. The van der Waals surface area contributed by atoms with Crippen LogP contribution in [-0.4, -0.2) is 29.6 Å². The van der Waals surface area contributed by atoms with Gasteiger partial charge in [0, 0.05) is 23.3 Å². The normalized spacial score (nSPS) is 10.4. The first-order chi connectivity index (χ1) is 13.5. The number of carbonyl (C=O) groups is 1. The van der Waals surface area contributed by atoms with E-state index in [0.717, 1.165) is 35.1 Å². The van der Waals surface area contributed by atoms with Crippen molar-refractivity contribution in [2.24, 2.45) is 0 Å². The molecule has 3 rings (SSSR count). The summed E-state index contributed by atoms with van der Waals surface area (Å²) in [6.45, 7) is 2.57. The molecule has 7 heteroatoms. The smallest absolute Gasteiger partial charge is 0.337 e. The minimum Gasteiger partial charge on any atom is -0.465 e. The van der Waals surface area contributed by atoms with Crippen molar-refractivity contribution in [1.29, 1.82) is 0 Å². The van der Waals surface area contributed by atoms with Crippen LogP contribution in [0.2, 0.25) is 5.02 Å². The average molecular weight is 397 g/mol. The summed E-state index contributed by atoms with van der Waals surface area (Å²) in [5.74, 6) is 1.70. The van der Waals surface area contributed by atoms with Gasteiger partial charge in [-0.25, -0.2) is 14.8 Å². The Hall–Kier alpha value is -3.12. The second-order valence-electron chi connectivity index (χ2n) is 6.19. The molecule has 0 bridgehead atoms.